The van der Waals surface area contributed by atoms with E-state index >= 15 is 0 Å². The summed E-state index contributed by atoms with van der Waals surface area (Å²) in [5.74, 6) is 0. The molecule has 1 aromatic heterocycles. The van der Waals surface area contributed by atoms with Gasteiger partial charge in [-0.2, -0.15) is 0 Å². The number of fused-ring (bicyclic) bond motifs is 2. The molecule has 0 saturated heterocycles. The molecule has 0 saturated carbocycles. The summed E-state index contributed by atoms with van der Waals surface area (Å²) in [6.07, 6.45) is 0.861. The largest absolute Gasteiger partial charge is 0.385 e. The summed E-state index contributed by atoms with van der Waals surface area (Å²) < 4.78 is 33.3. The molecule has 0 aliphatic carbocycles. The van der Waals surface area contributed by atoms with Crippen molar-refractivity contribution in [3.8, 4) is 0 Å². The highest BCUT2D eigenvalue weighted by atomic mass is 79.9. The molecule has 3 rings (SSSR count). The van der Waals surface area contributed by atoms with E-state index in [0.717, 1.165) is 27.9 Å². The Morgan fingerprint density at radius 3 is 2.88 bits per heavy atom. The molecule has 1 aliphatic rings. The number of ether oxygens (including phenoxy) is 1. The number of anilines is 1. The van der Waals surface area contributed by atoms with E-state index in [1.807, 2.05) is 17.5 Å². The number of halogens is 1. The van der Waals surface area contributed by atoms with Crippen LogP contribution in [0.5, 0.6) is 0 Å². The van der Waals surface area contributed by atoms with Crippen LogP contribution in [0.3, 0.4) is 0 Å². The quantitative estimate of drug-likeness (QED) is 0.738. The van der Waals surface area contributed by atoms with Crippen LogP contribution in [0.4, 0.5) is 5.69 Å². The lowest BCUT2D eigenvalue weighted by Gasteiger charge is -2.19. The second-order valence-corrected chi connectivity index (χ2v) is 9.24. The van der Waals surface area contributed by atoms with E-state index in [1.54, 1.807) is 37.6 Å². The topological polar surface area (TPSA) is 58.6 Å². The number of sulfonamides is 1. The van der Waals surface area contributed by atoms with Crippen LogP contribution in [0.25, 0.3) is 0 Å². The maximum absolute atomic E-state index is 13.0. The first-order valence-corrected chi connectivity index (χ1v) is 10.7. The molecule has 1 aromatic carbocycles. The van der Waals surface area contributed by atoms with Crippen LogP contribution in [-0.2, 0) is 14.8 Å². The van der Waals surface area contributed by atoms with Gasteiger partial charge in [0, 0.05) is 26.1 Å². The first-order valence-electron chi connectivity index (χ1n) is 7.55. The van der Waals surface area contributed by atoms with Gasteiger partial charge in [0.25, 0.3) is 10.0 Å². The number of nitrogens with zero attached hydrogens (tertiary/aromatic N) is 1. The van der Waals surface area contributed by atoms with E-state index in [9.17, 15) is 8.42 Å². The highest BCUT2D eigenvalue weighted by Gasteiger charge is 2.36. The second kappa shape index (κ2) is 7.13. The van der Waals surface area contributed by atoms with Gasteiger partial charge in [0.15, 0.2) is 0 Å². The Labute approximate surface area is 154 Å². The van der Waals surface area contributed by atoms with E-state index in [0.29, 0.717) is 17.2 Å². The highest BCUT2D eigenvalue weighted by molar-refractivity contribution is 9.10. The first kappa shape index (κ1) is 17.9. The van der Waals surface area contributed by atoms with Gasteiger partial charge in [-0.25, -0.2) is 8.42 Å². The number of rotatable bonds is 5. The lowest BCUT2D eigenvalue weighted by molar-refractivity contribution is 0.193. The summed E-state index contributed by atoms with van der Waals surface area (Å²) >= 11 is 5.06. The lowest BCUT2D eigenvalue weighted by atomic mass is 10.0. The van der Waals surface area contributed by atoms with E-state index in [2.05, 4.69) is 21.2 Å². The molecular formula is C16H19BrN2O3S2. The van der Waals surface area contributed by atoms with E-state index in [4.69, 9.17) is 4.74 Å². The van der Waals surface area contributed by atoms with Crippen molar-refractivity contribution in [2.45, 2.75) is 17.4 Å². The molecular weight excluding hydrogens is 412 g/mol. The minimum absolute atomic E-state index is 0.163. The fourth-order valence-corrected chi connectivity index (χ4v) is 6.46. The van der Waals surface area contributed by atoms with Crippen LogP contribution >= 0.6 is 27.3 Å². The second-order valence-electron chi connectivity index (χ2n) is 5.54. The fourth-order valence-electron chi connectivity index (χ4n) is 2.88. The normalized spacial score (nSPS) is 18.8. The molecule has 8 heteroatoms. The van der Waals surface area contributed by atoms with Crippen molar-refractivity contribution in [3.05, 3.63) is 44.6 Å². The van der Waals surface area contributed by atoms with Crippen molar-refractivity contribution in [1.29, 1.82) is 0 Å². The van der Waals surface area contributed by atoms with Crippen LogP contribution < -0.4 is 9.62 Å². The number of methoxy groups -OCH3 is 1. The van der Waals surface area contributed by atoms with Gasteiger partial charge >= 0.3 is 0 Å². The van der Waals surface area contributed by atoms with Crippen molar-refractivity contribution in [3.63, 3.8) is 0 Å². The predicted octanol–water partition coefficient (Wildman–Crippen LogP) is 3.36. The lowest BCUT2D eigenvalue weighted by Crippen LogP contribution is -2.26. The number of hydrogen-bond donors (Lipinski definition) is 1. The van der Waals surface area contributed by atoms with Gasteiger partial charge in [0.05, 0.1) is 26.0 Å². The molecule has 0 spiro atoms. The van der Waals surface area contributed by atoms with Gasteiger partial charge in [0.2, 0.25) is 0 Å². The van der Waals surface area contributed by atoms with Gasteiger partial charge in [-0.15, -0.1) is 11.3 Å². The minimum Gasteiger partial charge on any atom is -0.385 e. The van der Waals surface area contributed by atoms with Crippen LogP contribution in [0, 0.1) is 0 Å². The zero-order valence-corrected chi connectivity index (χ0v) is 16.7. The number of nitrogens with one attached hydrogen (secondary N) is 1. The SMILES string of the molecule is COCCCNC1c2ccccc2S(=O)(=O)N(C)c2c(Br)csc21. The molecule has 0 fully saturated rings. The van der Waals surface area contributed by atoms with Gasteiger partial charge in [0.1, 0.15) is 0 Å². The Balaban J connectivity index is 2.12. The molecule has 1 unspecified atom stereocenters. The average Bonchev–Trinajstić information content (AvgIpc) is 2.92. The Bertz CT molecular complexity index is 836. The molecule has 5 nitrogen and oxygen atoms in total. The molecule has 0 amide bonds. The molecule has 1 atom stereocenters. The molecule has 130 valence electrons. The minimum atomic E-state index is -3.59. The maximum atomic E-state index is 13.0. The Morgan fingerprint density at radius 1 is 1.38 bits per heavy atom. The number of hydrogen-bond acceptors (Lipinski definition) is 5. The molecule has 2 heterocycles. The van der Waals surface area contributed by atoms with Crippen LogP contribution in [0.1, 0.15) is 22.9 Å². The van der Waals surface area contributed by atoms with Gasteiger partial charge in [-0.05, 0) is 40.5 Å². The molecule has 1 aliphatic heterocycles. The highest BCUT2D eigenvalue weighted by Crippen LogP contribution is 2.46. The number of benzene rings is 1. The molecule has 0 radical (unpaired) electrons. The van der Waals surface area contributed by atoms with E-state index in [1.165, 1.54) is 4.31 Å². The third kappa shape index (κ3) is 3.01. The Kier molecular flexibility index (Phi) is 5.31. The number of thiophene rings is 1. The van der Waals surface area contributed by atoms with Crippen LogP contribution in [0.15, 0.2) is 39.0 Å². The van der Waals surface area contributed by atoms with Gasteiger partial charge in [-0.1, -0.05) is 18.2 Å². The smallest absolute Gasteiger partial charge is 0.264 e. The van der Waals surface area contributed by atoms with Gasteiger partial charge < -0.3 is 10.1 Å². The summed E-state index contributed by atoms with van der Waals surface area (Å²) in [5, 5.41) is 5.44. The van der Waals surface area contributed by atoms with Crippen LogP contribution in [-0.4, -0.2) is 35.7 Å². The molecule has 0 bridgehead atoms. The van der Waals surface area contributed by atoms with Crippen molar-refractivity contribution in [1.82, 2.24) is 5.32 Å². The zero-order chi connectivity index (χ0) is 17.3. The van der Waals surface area contributed by atoms with E-state index in [-0.39, 0.29) is 6.04 Å². The Morgan fingerprint density at radius 2 is 2.12 bits per heavy atom. The monoisotopic (exact) mass is 430 g/mol. The molecule has 1 N–H and O–H groups in total. The first-order chi connectivity index (χ1) is 11.5. The van der Waals surface area contributed by atoms with Crippen molar-refractivity contribution >= 4 is 43.0 Å². The maximum Gasteiger partial charge on any atom is 0.264 e. The van der Waals surface area contributed by atoms with Crippen molar-refractivity contribution < 1.29 is 13.2 Å². The van der Waals surface area contributed by atoms with E-state index < -0.39 is 10.0 Å². The summed E-state index contributed by atoms with van der Waals surface area (Å²) in [7, 11) is -0.301. The van der Waals surface area contributed by atoms with Crippen LogP contribution in [0.2, 0.25) is 0 Å². The van der Waals surface area contributed by atoms with Crippen molar-refractivity contribution in [2.24, 2.45) is 0 Å². The predicted molar refractivity (Wildman–Crippen MR) is 100 cm³/mol. The summed E-state index contributed by atoms with van der Waals surface area (Å²) in [4.78, 5) is 1.35. The summed E-state index contributed by atoms with van der Waals surface area (Å²) in [6.45, 7) is 1.41. The zero-order valence-electron chi connectivity index (χ0n) is 13.5. The summed E-state index contributed by atoms with van der Waals surface area (Å²) in [5.41, 5.74) is 1.50. The molecule has 24 heavy (non-hydrogen) atoms. The third-order valence-electron chi connectivity index (χ3n) is 4.07. The van der Waals surface area contributed by atoms with Crippen molar-refractivity contribution in [2.75, 3.05) is 31.6 Å². The standard InChI is InChI=1S/C16H19BrN2O3S2/c1-19-15-12(17)10-23-16(15)14(18-8-5-9-22-2)11-6-3-4-7-13(11)24(19,20)21/h3-4,6-7,10,14,18H,5,8-9H2,1-2H3. The summed E-state index contributed by atoms with van der Waals surface area (Å²) in [6, 6.07) is 7.04. The molecule has 2 aromatic rings. The fraction of sp³-hybridized carbons (Fsp3) is 0.375. The Hall–Kier alpha value is -0.930. The average molecular weight is 431 g/mol. The third-order valence-corrected chi connectivity index (χ3v) is 7.84. The van der Waals surface area contributed by atoms with Gasteiger partial charge in [-0.3, -0.25) is 4.31 Å².